The molecule has 5 rings (SSSR count). The molecule has 4 aliphatic carbocycles. The standard InChI is InChI=1S/C26H38N4O3/c1-25-12-9-18(28-32-14-11-24-27-23(29-33-24)16-30(3)4)15-17(25)5-6-19-20-7-8-22(31)26(20,2)13-10-21(19)25/h15,19-21H,5-14,16H2,1-4H3/t19?,20?,21?,25-,26-/m0/s1. The van der Waals surface area contributed by atoms with E-state index in [2.05, 4.69) is 35.2 Å². The number of allylic oxidation sites excluding steroid dienone is 2. The van der Waals surface area contributed by atoms with Gasteiger partial charge in [0.25, 0.3) is 0 Å². The second kappa shape index (κ2) is 8.64. The van der Waals surface area contributed by atoms with Crippen LogP contribution in [0.25, 0.3) is 0 Å². The van der Waals surface area contributed by atoms with E-state index in [9.17, 15) is 4.79 Å². The van der Waals surface area contributed by atoms with E-state index in [1.54, 1.807) is 5.57 Å². The third kappa shape index (κ3) is 4.07. The van der Waals surface area contributed by atoms with Crippen LogP contribution in [0.2, 0.25) is 0 Å². The maximum Gasteiger partial charge on any atom is 0.230 e. The number of carbonyl (C=O) groups is 1. The SMILES string of the molecule is CN(C)Cc1noc(CCON=C2C=C3CCC4C(CC[C@]5(C)C(=O)CCC45)[C@@]3(C)CC2)n1. The molecular weight excluding hydrogens is 416 g/mol. The number of ketones is 1. The molecule has 0 amide bonds. The predicted octanol–water partition coefficient (Wildman–Crippen LogP) is 4.58. The third-order valence-corrected chi connectivity index (χ3v) is 9.24. The van der Waals surface area contributed by atoms with Crippen molar-refractivity contribution in [2.75, 3.05) is 20.7 Å². The van der Waals surface area contributed by atoms with Crippen LogP contribution >= 0.6 is 0 Å². The molecule has 4 aliphatic rings. The fraction of sp³-hybridized carbons (Fsp3) is 0.769. The summed E-state index contributed by atoms with van der Waals surface area (Å²) in [4.78, 5) is 24.6. The first-order valence-corrected chi connectivity index (χ1v) is 12.7. The Morgan fingerprint density at radius 3 is 2.76 bits per heavy atom. The van der Waals surface area contributed by atoms with Crippen LogP contribution < -0.4 is 0 Å². The first-order valence-electron chi connectivity index (χ1n) is 12.7. The third-order valence-electron chi connectivity index (χ3n) is 9.24. The summed E-state index contributed by atoms with van der Waals surface area (Å²) < 4.78 is 5.29. The highest BCUT2D eigenvalue weighted by Gasteiger charge is 2.58. The van der Waals surface area contributed by atoms with Crippen molar-refractivity contribution in [3.8, 4) is 0 Å². The number of rotatable bonds is 6. The average molecular weight is 455 g/mol. The topological polar surface area (TPSA) is 80.8 Å². The second-order valence-corrected chi connectivity index (χ2v) is 11.4. The summed E-state index contributed by atoms with van der Waals surface area (Å²) in [5.41, 5.74) is 2.81. The molecule has 0 aromatic carbocycles. The molecule has 3 unspecified atom stereocenters. The van der Waals surface area contributed by atoms with Gasteiger partial charge in [-0.25, -0.2) is 0 Å². The van der Waals surface area contributed by atoms with E-state index in [-0.39, 0.29) is 10.8 Å². The zero-order valence-corrected chi connectivity index (χ0v) is 20.6. The molecule has 1 aromatic heterocycles. The number of nitrogens with zero attached hydrogens (tertiary/aromatic N) is 4. The van der Waals surface area contributed by atoms with Crippen molar-refractivity contribution in [2.24, 2.45) is 33.7 Å². The highest BCUT2D eigenvalue weighted by Crippen LogP contribution is 2.64. The molecule has 1 heterocycles. The lowest BCUT2D eigenvalue weighted by atomic mass is 9.47. The first-order chi connectivity index (χ1) is 15.8. The molecule has 0 bridgehead atoms. The number of fused-ring (bicyclic) bond motifs is 5. The van der Waals surface area contributed by atoms with Gasteiger partial charge in [0.05, 0.1) is 18.7 Å². The molecule has 0 aliphatic heterocycles. The number of hydrogen-bond acceptors (Lipinski definition) is 7. The molecule has 7 nitrogen and oxygen atoms in total. The molecule has 0 N–H and O–H groups in total. The molecule has 7 heteroatoms. The van der Waals surface area contributed by atoms with Gasteiger partial charge in [-0.15, -0.1) is 0 Å². The Hall–Kier alpha value is -2.02. The molecule has 5 atom stereocenters. The van der Waals surface area contributed by atoms with Crippen LogP contribution in [-0.2, 0) is 22.6 Å². The van der Waals surface area contributed by atoms with E-state index in [1.807, 2.05) is 19.0 Å². The molecule has 1 aromatic rings. The van der Waals surface area contributed by atoms with E-state index < -0.39 is 0 Å². The van der Waals surface area contributed by atoms with Crippen LogP contribution in [0.4, 0.5) is 0 Å². The van der Waals surface area contributed by atoms with Gasteiger partial charge in [-0.3, -0.25) is 4.79 Å². The number of oxime groups is 1. The first kappa shape index (κ1) is 22.8. The predicted molar refractivity (Wildman–Crippen MR) is 125 cm³/mol. The summed E-state index contributed by atoms with van der Waals surface area (Å²) >= 11 is 0. The molecule has 33 heavy (non-hydrogen) atoms. The van der Waals surface area contributed by atoms with Crippen molar-refractivity contribution in [1.82, 2.24) is 15.0 Å². The van der Waals surface area contributed by atoms with E-state index >= 15 is 0 Å². The molecule has 0 saturated heterocycles. The van der Waals surface area contributed by atoms with Gasteiger partial charge < -0.3 is 14.3 Å². The largest absolute Gasteiger partial charge is 0.395 e. The van der Waals surface area contributed by atoms with E-state index in [1.165, 1.54) is 12.8 Å². The number of Topliss-reactive ketones (excluding diaryl/α,β-unsaturated/α-hetero) is 1. The lowest BCUT2D eigenvalue weighted by Gasteiger charge is -2.57. The average Bonchev–Trinajstić information content (AvgIpc) is 3.34. The lowest BCUT2D eigenvalue weighted by Crippen LogP contribution is -2.50. The maximum absolute atomic E-state index is 12.6. The second-order valence-electron chi connectivity index (χ2n) is 11.4. The van der Waals surface area contributed by atoms with Crippen LogP contribution in [0.15, 0.2) is 21.3 Å². The summed E-state index contributed by atoms with van der Waals surface area (Å²) in [5.74, 6) is 3.83. The number of carbonyl (C=O) groups excluding carboxylic acids is 1. The summed E-state index contributed by atoms with van der Waals surface area (Å²) in [6.45, 7) is 5.84. The highest BCUT2D eigenvalue weighted by atomic mass is 16.6. The molecule has 0 radical (unpaired) electrons. The fourth-order valence-corrected chi connectivity index (χ4v) is 7.41. The molecule has 180 valence electrons. The van der Waals surface area contributed by atoms with Gasteiger partial charge in [0.2, 0.25) is 5.89 Å². The van der Waals surface area contributed by atoms with Crippen molar-refractivity contribution in [1.29, 1.82) is 0 Å². The number of aromatic nitrogens is 2. The van der Waals surface area contributed by atoms with Gasteiger partial charge >= 0.3 is 0 Å². The Kier molecular flexibility index (Phi) is 5.96. The van der Waals surface area contributed by atoms with Gasteiger partial charge in [0.15, 0.2) is 5.82 Å². The van der Waals surface area contributed by atoms with Crippen LogP contribution in [0, 0.1) is 28.6 Å². The van der Waals surface area contributed by atoms with Crippen molar-refractivity contribution in [3.05, 3.63) is 23.4 Å². The van der Waals surface area contributed by atoms with Gasteiger partial charge in [-0.05, 0) is 88.3 Å². The van der Waals surface area contributed by atoms with E-state index in [4.69, 9.17) is 9.36 Å². The number of hydrogen-bond donors (Lipinski definition) is 0. The van der Waals surface area contributed by atoms with Crippen LogP contribution in [0.3, 0.4) is 0 Å². The quantitative estimate of drug-likeness (QED) is 0.462. The zero-order valence-electron chi connectivity index (χ0n) is 20.6. The van der Waals surface area contributed by atoms with Crippen molar-refractivity contribution in [2.45, 2.75) is 78.2 Å². The summed E-state index contributed by atoms with van der Waals surface area (Å²) in [5, 5.41) is 8.44. The van der Waals surface area contributed by atoms with Crippen molar-refractivity contribution >= 4 is 11.5 Å². The van der Waals surface area contributed by atoms with Gasteiger partial charge in [0, 0.05) is 11.8 Å². The highest BCUT2D eigenvalue weighted by molar-refractivity contribution is 5.96. The van der Waals surface area contributed by atoms with Gasteiger partial charge in [-0.1, -0.05) is 29.7 Å². The Morgan fingerprint density at radius 1 is 1.12 bits per heavy atom. The molecular formula is C26H38N4O3. The summed E-state index contributed by atoms with van der Waals surface area (Å²) in [7, 11) is 3.96. The lowest BCUT2D eigenvalue weighted by molar-refractivity contribution is -0.132. The van der Waals surface area contributed by atoms with Crippen LogP contribution in [-0.4, -0.2) is 47.2 Å². The summed E-state index contributed by atoms with van der Waals surface area (Å²) in [6, 6.07) is 0. The normalized spacial score (nSPS) is 37.0. The Bertz CT molecular complexity index is 966. The minimum absolute atomic E-state index is 0.0422. The Labute approximate surface area is 197 Å². The molecule has 3 fully saturated rings. The van der Waals surface area contributed by atoms with E-state index in [0.717, 1.165) is 44.2 Å². The fourth-order valence-electron chi connectivity index (χ4n) is 7.41. The smallest absolute Gasteiger partial charge is 0.230 e. The molecule has 3 saturated carbocycles. The van der Waals surface area contributed by atoms with Gasteiger partial charge in [-0.2, -0.15) is 4.98 Å². The van der Waals surface area contributed by atoms with Crippen LogP contribution in [0.1, 0.15) is 76.9 Å². The van der Waals surface area contributed by atoms with Crippen molar-refractivity contribution in [3.63, 3.8) is 0 Å². The van der Waals surface area contributed by atoms with E-state index in [0.29, 0.717) is 54.8 Å². The van der Waals surface area contributed by atoms with Gasteiger partial charge in [0.1, 0.15) is 12.4 Å². The Morgan fingerprint density at radius 2 is 1.94 bits per heavy atom. The minimum Gasteiger partial charge on any atom is -0.395 e. The minimum atomic E-state index is -0.0422. The molecule has 0 spiro atoms. The zero-order chi connectivity index (χ0) is 23.2. The summed E-state index contributed by atoms with van der Waals surface area (Å²) in [6.07, 6.45) is 11.5. The van der Waals surface area contributed by atoms with Crippen LogP contribution in [0.5, 0.6) is 0 Å². The Balaban J connectivity index is 1.20. The monoisotopic (exact) mass is 454 g/mol. The maximum atomic E-state index is 12.6. The van der Waals surface area contributed by atoms with Crippen molar-refractivity contribution < 1.29 is 14.2 Å².